The molecule has 2 saturated carbocycles. The third-order valence-electron chi connectivity index (χ3n) is 9.55. The molecule has 3 fully saturated rings. The zero-order valence-electron chi connectivity index (χ0n) is 21.5. The molecule has 190 valence electrons. The third-order valence-corrected chi connectivity index (χ3v) is 9.55. The van der Waals surface area contributed by atoms with Crippen LogP contribution in [-0.4, -0.2) is 55.6 Å². The van der Waals surface area contributed by atoms with Crippen molar-refractivity contribution in [1.82, 2.24) is 0 Å². The van der Waals surface area contributed by atoms with Crippen molar-refractivity contribution in [2.24, 2.45) is 28.6 Å². The first-order valence-electron chi connectivity index (χ1n) is 12.6. The minimum absolute atomic E-state index is 0.0745. The number of hydrogen-bond donors (Lipinski definition) is 3. The molecule has 0 aromatic rings. The highest BCUT2D eigenvalue weighted by Crippen LogP contribution is 2.64. The van der Waals surface area contributed by atoms with Gasteiger partial charge in [0.1, 0.15) is 17.4 Å². The smallest absolute Gasteiger partial charge is 0.183 e. The first-order chi connectivity index (χ1) is 15.4. The number of allylic oxidation sites excluding steroid dienone is 2. The molecule has 0 radical (unpaired) electrons. The van der Waals surface area contributed by atoms with Crippen LogP contribution < -0.4 is 0 Å². The van der Waals surface area contributed by atoms with Crippen LogP contribution >= 0.6 is 0 Å². The van der Waals surface area contributed by atoms with Crippen LogP contribution in [0.25, 0.3) is 0 Å². The van der Waals surface area contributed by atoms with Gasteiger partial charge in [-0.25, -0.2) is 0 Å². The Labute approximate surface area is 201 Å². The minimum atomic E-state index is -1.62. The summed E-state index contributed by atoms with van der Waals surface area (Å²) in [4.78, 5) is 42.2. The average Bonchev–Trinajstić information content (AvgIpc) is 3.24. The number of aliphatic hydroxyl groups is 3. The van der Waals surface area contributed by atoms with Crippen molar-refractivity contribution in [2.45, 2.75) is 110 Å². The summed E-state index contributed by atoms with van der Waals surface area (Å²) in [5, 5.41) is 33.4. The summed E-state index contributed by atoms with van der Waals surface area (Å²) >= 11 is 0. The molecule has 34 heavy (non-hydrogen) atoms. The van der Waals surface area contributed by atoms with Crippen LogP contribution in [0.5, 0.6) is 0 Å². The van der Waals surface area contributed by atoms with E-state index >= 15 is 0 Å². The predicted molar refractivity (Wildman–Crippen MR) is 125 cm³/mol. The molecule has 0 amide bonds. The van der Waals surface area contributed by atoms with Gasteiger partial charge in [-0.3, -0.25) is 14.4 Å². The van der Waals surface area contributed by atoms with Crippen LogP contribution in [-0.2, 0) is 19.1 Å². The summed E-state index contributed by atoms with van der Waals surface area (Å²) in [7, 11) is 0. The van der Waals surface area contributed by atoms with Gasteiger partial charge in [0.15, 0.2) is 17.3 Å². The van der Waals surface area contributed by atoms with Crippen LogP contribution in [0.1, 0.15) is 87.0 Å². The van der Waals surface area contributed by atoms with Gasteiger partial charge in [0.2, 0.25) is 0 Å². The van der Waals surface area contributed by atoms with E-state index in [-0.39, 0.29) is 48.1 Å². The SMILES string of the molecule is CC[C@H](C)C(=O)C1=C2O[C@H](C(C)(C)O)C[C@]2(C)C(=O)[C@]2(C[C@H]3[C@@H](CC[C@@]3(C)O)[C@](C)(O)C2)C1=O. The van der Waals surface area contributed by atoms with Gasteiger partial charge in [-0.05, 0) is 78.6 Å². The topological polar surface area (TPSA) is 121 Å². The van der Waals surface area contributed by atoms with Crippen molar-refractivity contribution in [3.8, 4) is 0 Å². The molecule has 4 rings (SSSR count). The van der Waals surface area contributed by atoms with E-state index in [1.807, 2.05) is 6.92 Å². The Balaban J connectivity index is 1.92. The summed E-state index contributed by atoms with van der Waals surface area (Å²) < 4.78 is 6.07. The molecular formula is C27H40O7. The Kier molecular flexibility index (Phi) is 5.61. The van der Waals surface area contributed by atoms with Crippen molar-refractivity contribution in [1.29, 1.82) is 0 Å². The molecule has 7 nitrogen and oxygen atoms in total. The average molecular weight is 477 g/mol. The van der Waals surface area contributed by atoms with Gasteiger partial charge in [0.25, 0.3) is 0 Å². The maximum atomic E-state index is 14.4. The fourth-order valence-electron chi connectivity index (χ4n) is 7.24. The summed E-state index contributed by atoms with van der Waals surface area (Å²) in [6, 6.07) is 0. The maximum absolute atomic E-state index is 14.4. The first kappa shape index (κ1) is 25.5. The molecule has 3 N–H and O–H groups in total. The van der Waals surface area contributed by atoms with Crippen LogP contribution in [0.3, 0.4) is 0 Å². The van der Waals surface area contributed by atoms with Crippen molar-refractivity contribution in [3.63, 3.8) is 0 Å². The minimum Gasteiger partial charge on any atom is -0.490 e. The lowest BCUT2D eigenvalue weighted by molar-refractivity contribution is -0.171. The van der Waals surface area contributed by atoms with E-state index in [1.54, 1.807) is 41.5 Å². The van der Waals surface area contributed by atoms with Crippen LogP contribution in [0.2, 0.25) is 0 Å². The number of ketones is 3. The van der Waals surface area contributed by atoms with Crippen molar-refractivity contribution >= 4 is 17.3 Å². The number of ether oxygens (including phenoxy) is 1. The van der Waals surface area contributed by atoms with E-state index in [2.05, 4.69) is 0 Å². The molecule has 0 aromatic carbocycles. The van der Waals surface area contributed by atoms with E-state index < -0.39 is 51.4 Å². The highest BCUT2D eigenvalue weighted by Gasteiger charge is 2.71. The summed E-state index contributed by atoms with van der Waals surface area (Å²) in [6.45, 7) is 11.8. The standard InChI is InChI=1S/C27H40O7/c1-8-14(2)19(28)18-20(29)27(11-16-15(26(7,33)13-27)9-10-25(16,6)32)22(30)24(5)12-17(23(3,4)31)34-21(18)24/h14-17,31-33H,8-13H2,1-7H3/t14-,15+,16-,17-,24-,25+,26+,27-/m0/s1. The van der Waals surface area contributed by atoms with Gasteiger partial charge in [0.05, 0.1) is 27.6 Å². The normalized spacial score (nSPS) is 45.3. The van der Waals surface area contributed by atoms with Crippen LogP contribution in [0.15, 0.2) is 11.3 Å². The highest BCUT2D eigenvalue weighted by molar-refractivity contribution is 6.31. The Morgan fingerprint density at radius 3 is 2.29 bits per heavy atom. The molecule has 4 aliphatic rings. The first-order valence-corrected chi connectivity index (χ1v) is 12.6. The Bertz CT molecular complexity index is 968. The van der Waals surface area contributed by atoms with Gasteiger partial charge < -0.3 is 20.1 Å². The van der Waals surface area contributed by atoms with Gasteiger partial charge in [-0.1, -0.05) is 13.8 Å². The molecule has 0 aromatic heterocycles. The summed E-state index contributed by atoms with van der Waals surface area (Å²) in [5.41, 5.74) is -6.72. The lowest BCUT2D eigenvalue weighted by Crippen LogP contribution is -2.62. The number of hydrogen-bond acceptors (Lipinski definition) is 7. The Morgan fingerprint density at radius 1 is 1.12 bits per heavy atom. The second-order valence-electron chi connectivity index (χ2n) is 12.8. The number of Topliss-reactive ketones (excluding diaryl/α,β-unsaturated/α-hetero) is 3. The Morgan fingerprint density at radius 2 is 1.74 bits per heavy atom. The lowest BCUT2D eigenvalue weighted by Gasteiger charge is -2.53. The largest absolute Gasteiger partial charge is 0.490 e. The maximum Gasteiger partial charge on any atom is 0.183 e. The summed E-state index contributed by atoms with van der Waals surface area (Å²) in [5.74, 6) is -2.37. The second kappa shape index (κ2) is 7.47. The molecule has 0 bridgehead atoms. The highest BCUT2D eigenvalue weighted by atomic mass is 16.5. The Hall–Kier alpha value is -1.57. The molecule has 1 saturated heterocycles. The molecule has 3 aliphatic carbocycles. The van der Waals surface area contributed by atoms with E-state index in [1.165, 1.54) is 0 Å². The number of rotatable bonds is 4. The zero-order valence-corrected chi connectivity index (χ0v) is 21.5. The van der Waals surface area contributed by atoms with E-state index in [0.717, 1.165) is 0 Å². The summed E-state index contributed by atoms with van der Waals surface area (Å²) in [6.07, 6.45) is 1.03. The molecule has 1 aliphatic heterocycles. The van der Waals surface area contributed by atoms with Gasteiger partial charge in [0, 0.05) is 12.3 Å². The van der Waals surface area contributed by atoms with Gasteiger partial charge in [-0.15, -0.1) is 0 Å². The molecule has 7 heteroatoms. The third kappa shape index (κ3) is 3.37. The molecule has 1 heterocycles. The number of fused-ring (bicyclic) bond motifs is 2. The lowest BCUT2D eigenvalue weighted by atomic mass is 9.49. The van der Waals surface area contributed by atoms with Crippen molar-refractivity contribution in [2.75, 3.05) is 0 Å². The zero-order chi connectivity index (χ0) is 25.6. The number of carbonyl (C=O) groups is 3. The fraction of sp³-hybridized carbons (Fsp3) is 0.815. The van der Waals surface area contributed by atoms with E-state index in [9.17, 15) is 29.7 Å². The molecule has 1 spiro atoms. The van der Waals surface area contributed by atoms with Crippen molar-refractivity contribution < 1.29 is 34.4 Å². The van der Waals surface area contributed by atoms with E-state index in [4.69, 9.17) is 4.74 Å². The quantitative estimate of drug-likeness (QED) is 0.421. The fourth-order valence-corrected chi connectivity index (χ4v) is 7.24. The predicted octanol–water partition coefficient (Wildman–Crippen LogP) is 2.88. The molecule has 8 atom stereocenters. The number of carbonyl (C=O) groups excluding carboxylic acids is 3. The van der Waals surface area contributed by atoms with Gasteiger partial charge >= 0.3 is 0 Å². The van der Waals surface area contributed by atoms with Crippen LogP contribution in [0.4, 0.5) is 0 Å². The molecule has 0 unspecified atom stereocenters. The van der Waals surface area contributed by atoms with Gasteiger partial charge in [-0.2, -0.15) is 0 Å². The molecular weight excluding hydrogens is 436 g/mol. The second-order valence-corrected chi connectivity index (χ2v) is 12.8. The van der Waals surface area contributed by atoms with Crippen molar-refractivity contribution in [3.05, 3.63) is 11.3 Å². The monoisotopic (exact) mass is 476 g/mol. The van der Waals surface area contributed by atoms with Crippen LogP contribution in [0, 0.1) is 28.6 Å². The van der Waals surface area contributed by atoms with E-state index in [0.29, 0.717) is 19.3 Å².